The van der Waals surface area contributed by atoms with Crippen molar-refractivity contribution in [3.05, 3.63) is 65.2 Å². The number of aryl methyl sites for hydroxylation is 1. The maximum Gasteiger partial charge on any atom is 0.227 e. The van der Waals surface area contributed by atoms with E-state index in [1.54, 1.807) is 7.11 Å². The third kappa shape index (κ3) is 4.64. The highest BCUT2D eigenvalue weighted by Crippen LogP contribution is 2.32. The molecule has 4 heteroatoms. The molecule has 0 aromatic heterocycles. The Hall–Kier alpha value is -2.33. The molecule has 0 saturated carbocycles. The van der Waals surface area contributed by atoms with Crippen LogP contribution in [0.5, 0.6) is 5.75 Å². The minimum Gasteiger partial charge on any atom is -0.497 e. The maximum atomic E-state index is 13.1. The fourth-order valence-corrected chi connectivity index (χ4v) is 4.86. The summed E-state index contributed by atoms with van der Waals surface area (Å²) in [5, 5.41) is 3.31. The van der Waals surface area contributed by atoms with Crippen LogP contribution in [0.3, 0.4) is 0 Å². The molecule has 4 nitrogen and oxygen atoms in total. The summed E-state index contributed by atoms with van der Waals surface area (Å²) >= 11 is 0. The van der Waals surface area contributed by atoms with E-state index >= 15 is 0 Å². The summed E-state index contributed by atoms with van der Waals surface area (Å²) in [5.74, 6) is 1.03. The number of likely N-dealkylation sites (tertiary alicyclic amines) is 1. The smallest absolute Gasteiger partial charge is 0.227 e. The first-order valence-electron chi connectivity index (χ1n) is 11.0. The Morgan fingerprint density at radius 2 is 1.83 bits per heavy atom. The SMILES string of the molecule is COc1ccc([C@@H](CNC(=O)[C@@H]2CCCc3ccccc32)N2CCCCC2)cc1. The van der Waals surface area contributed by atoms with Crippen LogP contribution >= 0.6 is 0 Å². The Kier molecular flexibility index (Phi) is 6.50. The molecule has 1 heterocycles. The number of methoxy groups -OCH3 is 1. The van der Waals surface area contributed by atoms with Gasteiger partial charge in [-0.1, -0.05) is 42.8 Å². The van der Waals surface area contributed by atoms with Gasteiger partial charge in [0.15, 0.2) is 0 Å². The molecule has 0 spiro atoms. The summed E-state index contributed by atoms with van der Waals surface area (Å²) in [4.78, 5) is 15.7. The van der Waals surface area contributed by atoms with E-state index in [-0.39, 0.29) is 17.9 Å². The zero-order valence-electron chi connectivity index (χ0n) is 17.4. The van der Waals surface area contributed by atoms with Crippen LogP contribution in [0.15, 0.2) is 48.5 Å². The number of nitrogens with one attached hydrogen (secondary N) is 1. The number of fused-ring (bicyclic) bond motifs is 1. The molecule has 2 atom stereocenters. The predicted molar refractivity (Wildman–Crippen MR) is 116 cm³/mol. The fourth-order valence-electron chi connectivity index (χ4n) is 4.86. The van der Waals surface area contributed by atoms with E-state index in [4.69, 9.17) is 4.74 Å². The number of rotatable bonds is 6. The Balaban J connectivity index is 1.48. The van der Waals surface area contributed by atoms with E-state index in [2.05, 4.69) is 46.6 Å². The van der Waals surface area contributed by atoms with E-state index in [1.807, 2.05) is 12.1 Å². The van der Waals surface area contributed by atoms with Gasteiger partial charge in [0.1, 0.15) is 5.75 Å². The molecule has 1 aliphatic carbocycles. The topological polar surface area (TPSA) is 41.6 Å². The van der Waals surface area contributed by atoms with Gasteiger partial charge in [0.25, 0.3) is 0 Å². The van der Waals surface area contributed by atoms with Crippen LogP contribution in [0, 0.1) is 0 Å². The van der Waals surface area contributed by atoms with E-state index in [1.165, 1.54) is 36.0 Å². The molecule has 2 aromatic rings. The molecule has 1 aliphatic heterocycles. The van der Waals surface area contributed by atoms with Gasteiger partial charge < -0.3 is 10.1 Å². The Morgan fingerprint density at radius 3 is 2.59 bits per heavy atom. The van der Waals surface area contributed by atoms with Crippen LogP contribution in [0.4, 0.5) is 0 Å². The first kappa shape index (κ1) is 20.0. The minimum atomic E-state index is -0.0159. The third-order valence-electron chi connectivity index (χ3n) is 6.49. The van der Waals surface area contributed by atoms with Crippen LogP contribution in [-0.2, 0) is 11.2 Å². The quantitative estimate of drug-likeness (QED) is 0.789. The van der Waals surface area contributed by atoms with Gasteiger partial charge in [0, 0.05) is 6.54 Å². The highest BCUT2D eigenvalue weighted by atomic mass is 16.5. The molecule has 2 aliphatic rings. The number of carbonyl (C=O) groups excluding carboxylic acids is 1. The number of hydrogen-bond donors (Lipinski definition) is 1. The second-order valence-corrected chi connectivity index (χ2v) is 8.27. The zero-order valence-corrected chi connectivity index (χ0v) is 17.4. The monoisotopic (exact) mass is 392 g/mol. The van der Waals surface area contributed by atoms with Crippen molar-refractivity contribution in [1.82, 2.24) is 10.2 Å². The highest BCUT2D eigenvalue weighted by molar-refractivity contribution is 5.84. The lowest BCUT2D eigenvalue weighted by atomic mass is 9.82. The predicted octanol–water partition coefficient (Wildman–Crippen LogP) is 4.46. The molecule has 0 unspecified atom stereocenters. The van der Waals surface area contributed by atoms with Gasteiger partial charge in [-0.25, -0.2) is 0 Å². The first-order valence-corrected chi connectivity index (χ1v) is 11.0. The summed E-state index contributed by atoms with van der Waals surface area (Å²) in [6, 6.07) is 17.0. The van der Waals surface area contributed by atoms with Gasteiger partial charge >= 0.3 is 0 Å². The molecule has 1 amide bonds. The van der Waals surface area contributed by atoms with Gasteiger partial charge in [-0.15, -0.1) is 0 Å². The van der Waals surface area contributed by atoms with Crippen molar-refractivity contribution in [1.29, 1.82) is 0 Å². The van der Waals surface area contributed by atoms with Crippen LogP contribution in [-0.4, -0.2) is 37.6 Å². The molecule has 2 aromatic carbocycles. The fraction of sp³-hybridized carbons (Fsp3) is 0.480. The van der Waals surface area contributed by atoms with E-state index in [0.29, 0.717) is 6.54 Å². The molecule has 154 valence electrons. The average molecular weight is 393 g/mol. The number of nitrogens with zero attached hydrogens (tertiary/aromatic N) is 1. The lowest BCUT2D eigenvalue weighted by molar-refractivity contribution is -0.123. The van der Waals surface area contributed by atoms with Gasteiger partial charge in [-0.05, 0) is 74.0 Å². The maximum absolute atomic E-state index is 13.1. The molecule has 1 N–H and O–H groups in total. The Bertz CT molecular complexity index is 812. The molecule has 0 bridgehead atoms. The number of carbonyl (C=O) groups is 1. The van der Waals surface area contributed by atoms with E-state index < -0.39 is 0 Å². The summed E-state index contributed by atoms with van der Waals surface area (Å²) in [6.07, 6.45) is 6.88. The summed E-state index contributed by atoms with van der Waals surface area (Å²) in [5.41, 5.74) is 3.80. The van der Waals surface area contributed by atoms with Crippen LogP contribution in [0.2, 0.25) is 0 Å². The molecule has 1 fully saturated rings. The number of benzene rings is 2. The standard InChI is InChI=1S/C25H32N2O2/c1-29-21-14-12-20(13-15-21)24(27-16-5-2-6-17-27)18-26-25(28)23-11-7-9-19-8-3-4-10-22(19)23/h3-4,8,10,12-15,23-24H,2,5-7,9,11,16-18H2,1H3,(H,26,28)/t23-,24-/m1/s1. The highest BCUT2D eigenvalue weighted by Gasteiger charge is 2.28. The van der Waals surface area contributed by atoms with Gasteiger partial charge in [0.2, 0.25) is 5.91 Å². The number of amides is 1. The van der Waals surface area contributed by atoms with Crippen molar-refractivity contribution in [2.75, 3.05) is 26.7 Å². The van der Waals surface area contributed by atoms with Crippen molar-refractivity contribution < 1.29 is 9.53 Å². The molecule has 4 rings (SSSR count). The molecule has 1 saturated heterocycles. The number of hydrogen-bond acceptors (Lipinski definition) is 3. The summed E-state index contributed by atoms with van der Waals surface area (Å²) in [6.45, 7) is 2.85. The third-order valence-corrected chi connectivity index (χ3v) is 6.49. The molecule has 0 radical (unpaired) electrons. The Morgan fingerprint density at radius 1 is 1.07 bits per heavy atom. The van der Waals surface area contributed by atoms with E-state index in [0.717, 1.165) is 38.1 Å². The average Bonchev–Trinajstić information content (AvgIpc) is 2.80. The normalized spacial score (nSPS) is 20.5. The van der Waals surface area contributed by atoms with Crippen LogP contribution in [0.25, 0.3) is 0 Å². The summed E-state index contributed by atoms with van der Waals surface area (Å²) < 4.78 is 5.32. The second-order valence-electron chi connectivity index (χ2n) is 8.27. The minimum absolute atomic E-state index is 0.0159. The van der Waals surface area contributed by atoms with Gasteiger partial charge in [-0.3, -0.25) is 9.69 Å². The molecule has 29 heavy (non-hydrogen) atoms. The van der Waals surface area contributed by atoms with E-state index in [9.17, 15) is 4.79 Å². The van der Waals surface area contributed by atoms with Gasteiger partial charge in [-0.2, -0.15) is 0 Å². The molecular formula is C25H32N2O2. The molecular weight excluding hydrogens is 360 g/mol. The van der Waals surface area contributed by atoms with Crippen molar-refractivity contribution in [2.24, 2.45) is 0 Å². The zero-order chi connectivity index (χ0) is 20.1. The van der Waals surface area contributed by atoms with Crippen molar-refractivity contribution in [3.63, 3.8) is 0 Å². The lowest BCUT2D eigenvalue weighted by Gasteiger charge is -2.35. The summed E-state index contributed by atoms with van der Waals surface area (Å²) in [7, 11) is 1.69. The number of piperidine rings is 1. The largest absolute Gasteiger partial charge is 0.497 e. The second kappa shape index (κ2) is 9.45. The Labute approximate surface area is 174 Å². The lowest BCUT2D eigenvalue weighted by Crippen LogP contribution is -2.42. The number of ether oxygens (including phenoxy) is 1. The first-order chi connectivity index (χ1) is 14.3. The van der Waals surface area contributed by atoms with Crippen LogP contribution in [0.1, 0.15) is 60.8 Å². The van der Waals surface area contributed by atoms with Crippen molar-refractivity contribution >= 4 is 5.91 Å². The van der Waals surface area contributed by atoms with Crippen molar-refractivity contribution in [2.45, 2.75) is 50.5 Å². The van der Waals surface area contributed by atoms with Gasteiger partial charge in [0.05, 0.1) is 19.1 Å². The van der Waals surface area contributed by atoms with Crippen LogP contribution < -0.4 is 10.1 Å². The van der Waals surface area contributed by atoms with Crippen molar-refractivity contribution in [3.8, 4) is 5.75 Å².